The molecule has 0 radical (unpaired) electrons. The second kappa shape index (κ2) is 11.7. The summed E-state index contributed by atoms with van der Waals surface area (Å²) < 4.78 is 37.6. The number of ketones is 1. The van der Waals surface area contributed by atoms with Crippen LogP contribution in [0.3, 0.4) is 0 Å². The van der Waals surface area contributed by atoms with Gasteiger partial charge >= 0.3 is 0 Å². The smallest absolute Gasteiger partial charge is 0.229 e. The van der Waals surface area contributed by atoms with E-state index in [-0.39, 0.29) is 60.2 Å². The molecule has 2 aromatic carbocycles. The predicted molar refractivity (Wildman–Crippen MR) is 162 cm³/mol. The van der Waals surface area contributed by atoms with E-state index in [4.69, 9.17) is 4.74 Å². The first-order chi connectivity index (χ1) is 19.8. The topological polar surface area (TPSA) is 67.4 Å². The van der Waals surface area contributed by atoms with Gasteiger partial charge in [0.15, 0.2) is 11.5 Å². The van der Waals surface area contributed by atoms with E-state index in [2.05, 4.69) is 10.6 Å². The van der Waals surface area contributed by atoms with E-state index in [0.717, 1.165) is 54.4 Å². The first-order valence-corrected chi connectivity index (χ1v) is 15.6. The minimum Gasteiger partial charge on any atom is -0.490 e. The highest BCUT2D eigenvalue weighted by Crippen LogP contribution is 2.46. The van der Waals surface area contributed by atoms with Crippen molar-refractivity contribution in [3.05, 3.63) is 53.3 Å². The van der Waals surface area contributed by atoms with E-state index >= 15 is 8.78 Å². The molecule has 7 heteroatoms. The molecule has 2 aliphatic carbocycles. The van der Waals surface area contributed by atoms with Crippen LogP contribution in [0.4, 0.5) is 8.78 Å². The molecule has 0 bridgehead atoms. The van der Waals surface area contributed by atoms with E-state index < -0.39 is 11.1 Å². The van der Waals surface area contributed by atoms with Gasteiger partial charge in [-0.1, -0.05) is 38.5 Å². The van der Waals surface area contributed by atoms with Crippen molar-refractivity contribution in [2.45, 2.75) is 102 Å². The van der Waals surface area contributed by atoms with Gasteiger partial charge < -0.3 is 15.4 Å². The van der Waals surface area contributed by atoms with E-state index in [9.17, 15) is 9.59 Å². The van der Waals surface area contributed by atoms with Crippen LogP contribution in [-0.2, 0) is 15.0 Å². The maximum Gasteiger partial charge on any atom is 0.229 e. The summed E-state index contributed by atoms with van der Waals surface area (Å²) in [6, 6.07) is 11.0. The molecule has 2 aromatic rings. The normalized spacial score (nSPS) is 26.0. The van der Waals surface area contributed by atoms with Crippen molar-refractivity contribution in [3.8, 4) is 16.9 Å². The molecule has 3 atom stereocenters. The highest BCUT2D eigenvalue weighted by Gasteiger charge is 2.46. The number of hydrogen-bond donors (Lipinski definition) is 2. The predicted octanol–water partition coefficient (Wildman–Crippen LogP) is 7.02. The number of piperidine rings is 1. The number of Topliss-reactive ketones (excluding diaryl/α,β-unsaturated/α-hetero) is 1. The van der Waals surface area contributed by atoms with Gasteiger partial charge in [-0.25, -0.2) is 8.78 Å². The zero-order chi connectivity index (χ0) is 30.3. The Morgan fingerprint density at radius 2 is 1.83 bits per heavy atom. The third kappa shape index (κ3) is 6.13. The Morgan fingerprint density at radius 3 is 2.50 bits per heavy atom. The van der Waals surface area contributed by atoms with E-state index in [0.29, 0.717) is 18.7 Å². The van der Waals surface area contributed by atoms with Crippen LogP contribution in [0.1, 0.15) is 96.1 Å². The lowest BCUT2D eigenvalue weighted by atomic mass is 9.74. The number of likely N-dealkylation sites (N-methyl/N-ethyl adjacent to an activating group) is 1. The summed E-state index contributed by atoms with van der Waals surface area (Å²) in [7, 11) is 1.63. The number of carbonyl (C=O) groups is 2. The van der Waals surface area contributed by atoms with Gasteiger partial charge in [0.25, 0.3) is 0 Å². The first-order valence-electron chi connectivity index (χ1n) is 15.6. The summed E-state index contributed by atoms with van der Waals surface area (Å²) in [6.45, 7) is 8.54. The van der Waals surface area contributed by atoms with Gasteiger partial charge in [-0.3, -0.25) is 9.59 Å². The average Bonchev–Trinajstić information content (AvgIpc) is 3.34. The van der Waals surface area contributed by atoms with Gasteiger partial charge in [0.1, 0.15) is 11.6 Å². The lowest BCUT2D eigenvalue weighted by Gasteiger charge is -2.39. The monoisotopic (exact) mass is 580 g/mol. The summed E-state index contributed by atoms with van der Waals surface area (Å²) >= 11 is 0. The Kier molecular flexibility index (Phi) is 8.54. The standard InChI is InChI=1S/C35H46F2N2O3/c1-33(2)19-35(37,21-39-20-33)30(40)17-22-12-14-25(16-22)42-29-15-13-24(34(3,4)32(41)38-5)18-27(29)26-10-7-11-28(36)31(26)23-8-6-9-23/h7,10-11,13,15,18,22-23,25,39H,6,8-9,12,14,16-17,19-21H2,1-5H3,(H,38,41)/t22-,25-,35+/m1/s1. The van der Waals surface area contributed by atoms with Crippen LogP contribution < -0.4 is 15.4 Å². The number of nitrogens with one attached hydrogen (secondary N) is 2. The molecule has 0 unspecified atom stereocenters. The first kappa shape index (κ1) is 30.7. The Bertz CT molecular complexity index is 1340. The minimum absolute atomic E-state index is 0.0646. The zero-order valence-electron chi connectivity index (χ0n) is 25.7. The second-order valence-electron chi connectivity index (χ2n) is 14.2. The molecule has 2 N–H and O–H groups in total. The van der Waals surface area contributed by atoms with Crippen molar-refractivity contribution in [2.24, 2.45) is 11.3 Å². The van der Waals surface area contributed by atoms with Crippen molar-refractivity contribution in [2.75, 3.05) is 20.1 Å². The summed E-state index contributed by atoms with van der Waals surface area (Å²) in [5, 5.41) is 5.87. The highest BCUT2D eigenvalue weighted by molar-refractivity contribution is 5.89. The van der Waals surface area contributed by atoms with E-state index in [1.165, 1.54) is 6.07 Å². The molecule has 1 aliphatic heterocycles. The SMILES string of the molecule is CNC(=O)C(C)(C)c1ccc(O[C@@H]2CC[C@@H](CC(=O)[C@@]3(F)CNCC(C)(C)C3)C2)c(-c2cccc(F)c2C2CCC2)c1. The molecule has 1 saturated heterocycles. The molecular formula is C35H46F2N2O3. The highest BCUT2D eigenvalue weighted by atomic mass is 19.1. The van der Waals surface area contributed by atoms with Crippen molar-refractivity contribution in [1.29, 1.82) is 0 Å². The average molecular weight is 581 g/mol. The maximum absolute atomic E-state index is 15.7. The van der Waals surface area contributed by atoms with E-state index in [1.54, 1.807) is 13.1 Å². The van der Waals surface area contributed by atoms with Gasteiger partial charge in [0.05, 0.1) is 11.5 Å². The number of rotatable bonds is 9. The summed E-state index contributed by atoms with van der Waals surface area (Å²) in [4.78, 5) is 25.9. The number of ether oxygens (including phenoxy) is 1. The second-order valence-corrected chi connectivity index (χ2v) is 14.2. The van der Waals surface area contributed by atoms with Gasteiger partial charge in [-0.05, 0) is 105 Å². The number of carbonyl (C=O) groups excluding carboxylic acids is 2. The quantitative estimate of drug-likeness (QED) is 0.335. The molecule has 3 aliphatic rings. The number of amides is 1. The van der Waals surface area contributed by atoms with Gasteiger partial charge in [0, 0.05) is 32.1 Å². The van der Waals surface area contributed by atoms with Gasteiger partial charge in [-0.2, -0.15) is 0 Å². The molecule has 5 nitrogen and oxygen atoms in total. The zero-order valence-corrected chi connectivity index (χ0v) is 25.7. The molecular weight excluding hydrogens is 534 g/mol. The molecule has 1 amide bonds. The Morgan fingerprint density at radius 1 is 1.07 bits per heavy atom. The van der Waals surface area contributed by atoms with Crippen molar-refractivity contribution in [1.82, 2.24) is 10.6 Å². The summed E-state index contributed by atoms with van der Waals surface area (Å²) in [6.07, 6.45) is 5.56. The van der Waals surface area contributed by atoms with Gasteiger partial charge in [0.2, 0.25) is 5.91 Å². The van der Waals surface area contributed by atoms with Crippen LogP contribution in [0.25, 0.3) is 11.1 Å². The summed E-state index contributed by atoms with van der Waals surface area (Å²) in [5.74, 6) is 0.258. The van der Waals surface area contributed by atoms with Crippen LogP contribution in [0.5, 0.6) is 5.75 Å². The molecule has 5 rings (SSSR count). The number of benzene rings is 2. The lowest BCUT2D eigenvalue weighted by Crippen LogP contribution is -2.54. The Balaban J connectivity index is 1.39. The maximum atomic E-state index is 15.7. The molecule has 1 heterocycles. The minimum atomic E-state index is -1.82. The fraction of sp³-hybridized carbons (Fsp3) is 0.600. The molecule has 2 saturated carbocycles. The van der Waals surface area contributed by atoms with Crippen LogP contribution in [-0.4, -0.2) is 43.6 Å². The van der Waals surface area contributed by atoms with Gasteiger partial charge in [-0.15, -0.1) is 0 Å². The van der Waals surface area contributed by atoms with E-state index in [1.807, 2.05) is 52.0 Å². The molecule has 0 aromatic heterocycles. The van der Waals surface area contributed by atoms with Crippen LogP contribution in [0, 0.1) is 17.2 Å². The molecule has 0 spiro atoms. The third-order valence-electron chi connectivity index (χ3n) is 9.88. The lowest BCUT2D eigenvalue weighted by molar-refractivity contribution is -0.135. The fourth-order valence-electron chi connectivity index (χ4n) is 7.19. The van der Waals surface area contributed by atoms with Crippen molar-refractivity contribution >= 4 is 11.7 Å². The van der Waals surface area contributed by atoms with Crippen LogP contribution >= 0.6 is 0 Å². The molecule has 3 fully saturated rings. The Hall–Kier alpha value is -2.80. The van der Waals surface area contributed by atoms with Crippen molar-refractivity contribution < 1.29 is 23.1 Å². The fourth-order valence-corrected chi connectivity index (χ4v) is 7.19. The molecule has 228 valence electrons. The number of alkyl halides is 1. The van der Waals surface area contributed by atoms with Crippen LogP contribution in [0.2, 0.25) is 0 Å². The third-order valence-corrected chi connectivity index (χ3v) is 9.88. The number of halogens is 2. The Labute approximate surface area is 249 Å². The van der Waals surface area contributed by atoms with Crippen LogP contribution in [0.15, 0.2) is 36.4 Å². The largest absolute Gasteiger partial charge is 0.490 e. The summed E-state index contributed by atoms with van der Waals surface area (Å²) in [5.41, 5.74) is 0.251. The van der Waals surface area contributed by atoms with Crippen molar-refractivity contribution in [3.63, 3.8) is 0 Å². The number of hydrogen-bond acceptors (Lipinski definition) is 4. The molecule has 42 heavy (non-hydrogen) atoms.